The minimum Gasteiger partial charge on any atom is -0.355 e. The molecule has 0 saturated heterocycles. The Morgan fingerprint density at radius 2 is 1.05 bits per heavy atom. The molecule has 2 aromatic heterocycles. The monoisotopic (exact) mass is 566 g/mol. The van der Waals surface area contributed by atoms with Crippen molar-refractivity contribution in [1.29, 1.82) is 0 Å². The average Bonchev–Trinajstić information content (AvgIpc) is 3.59. The molecule has 9 rings (SSSR count). The van der Waals surface area contributed by atoms with Gasteiger partial charge < -0.3 is 9.88 Å². The lowest BCUT2D eigenvalue weighted by Gasteiger charge is -2.11. The fourth-order valence-electron chi connectivity index (χ4n) is 6.45. The van der Waals surface area contributed by atoms with E-state index in [1.54, 1.807) is 0 Å². The van der Waals surface area contributed by atoms with E-state index in [0.717, 1.165) is 11.4 Å². The molecule has 1 N–H and O–H groups in total. The number of hydrogen-bond acceptors (Lipinski definition) is 2. The maximum Gasteiger partial charge on any atom is 0.0547 e. The quantitative estimate of drug-likeness (QED) is 0.224. The molecule has 0 aliphatic rings. The second-order valence-corrected chi connectivity index (χ2v) is 12.2. The summed E-state index contributed by atoms with van der Waals surface area (Å²) in [5, 5.41) is 11.3. The van der Waals surface area contributed by atoms with E-state index in [0.29, 0.717) is 0 Å². The molecule has 3 heteroatoms. The molecule has 0 amide bonds. The fourth-order valence-corrected chi connectivity index (χ4v) is 7.60. The van der Waals surface area contributed by atoms with Crippen LogP contribution in [0, 0.1) is 0 Å². The van der Waals surface area contributed by atoms with Gasteiger partial charge in [-0.25, -0.2) is 0 Å². The molecular formula is C40H26N2S. The standard InChI is InChI=1S/C40H26N2S/c1-2-8-29-24-38-36(23-28(29)7-1)33-9-3-5-11-37(33)42(38)32-20-15-27(16-21-32)26-13-17-30(18-14-26)41-31-19-22-35-34-10-4-6-12-39(34)43-40(35)25-31/h1-25,41H. The van der Waals surface area contributed by atoms with Gasteiger partial charge in [-0.2, -0.15) is 0 Å². The molecule has 0 saturated carbocycles. The van der Waals surface area contributed by atoms with Gasteiger partial charge in [-0.3, -0.25) is 0 Å². The first kappa shape index (κ1) is 24.2. The first-order chi connectivity index (χ1) is 21.3. The molecule has 9 aromatic rings. The number of anilines is 2. The van der Waals surface area contributed by atoms with Crippen molar-refractivity contribution >= 4 is 75.5 Å². The van der Waals surface area contributed by atoms with Gasteiger partial charge in [0.2, 0.25) is 0 Å². The highest BCUT2D eigenvalue weighted by molar-refractivity contribution is 7.25. The van der Waals surface area contributed by atoms with E-state index in [-0.39, 0.29) is 0 Å². The highest BCUT2D eigenvalue weighted by atomic mass is 32.1. The number of aromatic nitrogens is 1. The molecule has 43 heavy (non-hydrogen) atoms. The lowest BCUT2D eigenvalue weighted by atomic mass is 10.0. The summed E-state index contributed by atoms with van der Waals surface area (Å²) < 4.78 is 5.03. The second-order valence-electron chi connectivity index (χ2n) is 11.1. The van der Waals surface area contributed by atoms with Crippen molar-refractivity contribution in [3.8, 4) is 16.8 Å². The zero-order valence-corrected chi connectivity index (χ0v) is 24.1. The van der Waals surface area contributed by atoms with Gasteiger partial charge in [-0.1, -0.05) is 91.0 Å². The van der Waals surface area contributed by atoms with Crippen molar-refractivity contribution < 1.29 is 0 Å². The Morgan fingerprint density at radius 1 is 0.419 bits per heavy atom. The number of benzene rings is 7. The summed E-state index contributed by atoms with van der Waals surface area (Å²) in [4.78, 5) is 0. The lowest BCUT2D eigenvalue weighted by molar-refractivity contribution is 1.18. The first-order valence-corrected chi connectivity index (χ1v) is 15.4. The number of rotatable bonds is 4. The van der Waals surface area contributed by atoms with Crippen LogP contribution in [0.3, 0.4) is 0 Å². The van der Waals surface area contributed by atoms with Crippen LogP contribution in [0.25, 0.3) is 69.6 Å². The van der Waals surface area contributed by atoms with Gasteiger partial charge in [0, 0.05) is 48.0 Å². The maximum absolute atomic E-state index is 3.60. The van der Waals surface area contributed by atoms with Gasteiger partial charge in [0.25, 0.3) is 0 Å². The van der Waals surface area contributed by atoms with Crippen molar-refractivity contribution in [2.45, 2.75) is 0 Å². The predicted octanol–water partition coefficient (Wildman–Crippen LogP) is 11.7. The lowest BCUT2D eigenvalue weighted by Crippen LogP contribution is -1.94. The summed E-state index contributed by atoms with van der Waals surface area (Å²) in [5.74, 6) is 0. The molecule has 0 unspecified atom stereocenters. The van der Waals surface area contributed by atoms with E-state index in [4.69, 9.17) is 0 Å². The van der Waals surface area contributed by atoms with Crippen LogP contribution < -0.4 is 5.32 Å². The summed E-state index contributed by atoms with van der Waals surface area (Å²) in [6.45, 7) is 0. The zero-order valence-electron chi connectivity index (χ0n) is 23.3. The number of hydrogen-bond donors (Lipinski definition) is 1. The van der Waals surface area contributed by atoms with Gasteiger partial charge >= 0.3 is 0 Å². The molecular weight excluding hydrogens is 541 g/mol. The maximum atomic E-state index is 3.60. The van der Waals surface area contributed by atoms with E-state index >= 15 is 0 Å². The summed E-state index contributed by atoms with van der Waals surface area (Å²) in [6, 6.07) is 54.9. The molecule has 7 aromatic carbocycles. The van der Waals surface area contributed by atoms with Crippen LogP contribution in [0.15, 0.2) is 152 Å². The Labute approximate surface area is 253 Å². The summed E-state index contributed by atoms with van der Waals surface area (Å²) in [5.41, 5.74) is 8.22. The first-order valence-electron chi connectivity index (χ1n) is 14.6. The van der Waals surface area contributed by atoms with Crippen molar-refractivity contribution in [1.82, 2.24) is 4.57 Å². The SMILES string of the molecule is c1ccc2cc3c(cc2c1)c1ccccc1n3-c1ccc(-c2ccc(Nc3ccc4c(c3)sc3ccccc34)cc2)cc1. The summed E-state index contributed by atoms with van der Waals surface area (Å²) in [6.07, 6.45) is 0. The Balaban J connectivity index is 1.03. The zero-order chi connectivity index (χ0) is 28.3. The summed E-state index contributed by atoms with van der Waals surface area (Å²) in [7, 11) is 0. The Morgan fingerprint density at radius 3 is 1.86 bits per heavy atom. The number of thiophene rings is 1. The Kier molecular flexibility index (Phi) is 5.40. The molecule has 0 spiro atoms. The normalized spacial score (nSPS) is 11.7. The minimum atomic E-state index is 1.08. The van der Waals surface area contributed by atoms with E-state index in [2.05, 4.69) is 162 Å². The van der Waals surface area contributed by atoms with Crippen molar-refractivity contribution in [3.05, 3.63) is 152 Å². The molecule has 2 nitrogen and oxygen atoms in total. The average molecular weight is 567 g/mol. The van der Waals surface area contributed by atoms with Gasteiger partial charge in [-0.15, -0.1) is 11.3 Å². The van der Waals surface area contributed by atoms with Gasteiger partial charge in [0.15, 0.2) is 0 Å². The van der Waals surface area contributed by atoms with Crippen LogP contribution in [0.5, 0.6) is 0 Å². The predicted molar refractivity (Wildman–Crippen MR) is 186 cm³/mol. The van der Waals surface area contributed by atoms with Crippen molar-refractivity contribution in [3.63, 3.8) is 0 Å². The van der Waals surface area contributed by atoms with Crippen LogP contribution in [-0.4, -0.2) is 4.57 Å². The number of nitrogens with one attached hydrogen (secondary N) is 1. The van der Waals surface area contributed by atoms with Crippen LogP contribution in [0.1, 0.15) is 0 Å². The molecule has 0 radical (unpaired) electrons. The van der Waals surface area contributed by atoms with Crippen LogP contribution in [0.4, 0.5) is 11.4 Å². The largest absolute Gasteiger partial charge is 0.355 e. The van der Waals surface area contributed by atoms with Crippen LogP contribution in [-0.2, 0) is 0 Å². The number of nitrogens with zero attached hydrogens (tertiary/aromatic N) is 1. The third-order valence-corrected chi connectivity index (χ3v) is 9.68. The third kappa shape index (κ3) is 4.01. The molecule has 0 aliphatic heterocycles. The van der Waals surface area contributed by atoms with Gasteiger partial charge in [0.1, 0.15) is 0 Å². The van der Waals surface area contributed by atoms with E-state index in [1.807, 2.05) is 11.3 Å². The van der Waals surface area contributed by atoms with E-state index < -0.39 is 0 Å². The van der Waals surface area contributed by atoms with Gasteiger partial charge in [0.05, 0.1) is 11.0 Å². The number of para-hydroxylation sites is 1. The van der Waals surface area contributed by atoms with Crippen molar-refractivity contribution in [2.24, 2.45) is 0 Å². The molecule has 2 heterocycles. The Bertz CT molecular complexity index is 2460. The highest BCUT2D eigenvalue weighted by Gasteiger charge is 2.13. The molecule has 0 aliphatic carbocycles. The van der Waals surface area contributed by atoms with E-state index in [1.165, 1.54) is 69.6 Å². The van der Waals surface area contributed by atoms with Crippen LogP contribution >= 0.6 is 11.3 Å². The fraction of sp³-hybridized carbons (Fsp3) is 0. The Hall–Kier alpha value is -5.38. The second kappa shape index (κ2) is 9.59. The smallest absolute Gasteiger partial charge is 0.0547 e. The summed E-state index contributed by atoms with van der Waals surface area (Å²) >= 11 is 1.85. The van der Waals surface area contributed by atoms with Crippen molar-refractivity contribution in [2.75, 3.05) is 5.32 Å². The minimum absolute atomic E-state index is 1.08. The highest BCUT2D eigenvalue weighted by Crippen LogP contribution is 2.37. The molecule has 0 bridgehead atoms. The third-order valence-electron chi connectivity index (χ3n) is 8.55. The number of fused-ring (bicyclic) bond motifs is 7. The molecule has 202 valence electrons. The van der Waals surface area contributed by atoms with E-state index in [9.17, 15) is 0 Å². The topological polar surface area (TPSA) is 17.0 Å². The van der Waals surface area contributed by atoms with Gasteiger partial charge in [-0.05, 0) is 82.6 Å². The molecule has 0 atom stereocenters. The molecule has 0 fully saturated rings. The van der Waals surface area contributed by atoms with Crippen LogP contribution in [0.2, 0.25) is 0 Å².